The van der Waals surface area contributed by atoms with Gasteiger partial charge in [-0.3, -0.25) is 9.78 Å². The Bertz CT molecular complexity index is 990. The molecule has 3 aromatic rings. The lowest BCUT2D eigenvalue weighted by molar-refractivity contribution is 0.0593. The smallest absolute Gasteiger partial charge is 0.405 e. The van der Waals surface area contributed by atoms with E-state index in [2.05, 4.69) is 10.3 Å². The number of hydrogen-bond donors (Lipinski definition) is 3. The molecular weight excluding hydrogens is 356 g/mol. The Morgan fingerprint density at radius 3 is 2.32 bits per heavy atom. The zero-order valence-electron chi connectivity index (χ0n) is 15.3. The Hall–Kier alpha value is -3.87. The number of benzene rings is 2. The van der Waals surface area contributed by atoms with Gasteiger partial charge in [-0.2, -0.15) is 0 Å². The number of para-hydroxylation sites is 2. The van der Waals surface area contributed by atoms with Crippen molar-refractivity contribution in [1.29, 1.82) is 0 Å². The fourth-order valence-corrected chi connectivity index (χ4v) is 2.88. The molecule has 1 unspecified atom stereocenters. The fraction of sp³-hybridized carbons (Fsp3) is 0.0952. The predicted octanol–water partition coefficient (Wildman–Crippen LogP) is 3.27. The molecule has 0 spiro atoms. The molecule has 0 aliphatic heterocycles. The number of anilines is 2. The van der Waals surface area contributed by atoms with Gasteiger partial charge in [-0.25, -0.2) is 4.79 Å². The van der Waals surface area contributed by atoms with Crippen LogP contribution in [0.1, 0.15) is 28.4 Å². The summed E-state index contributed by atoms with van der Waals surface area (Å²) in [6.07, 6.45) is 2.31. The topological polar surface area (TPSA) is 120 Å². The normalized spacial score (nSPS) is 12.6. The minimum Gasteiger partial charge on any atom is -0.433 e. The van der Waals surface area contributed by atoms with Gasteiger partial charge in [0.25, 0.3) is 5.91 Å². The summed E-state index contributed by atoms with van der Waals surface area (Å²) >= 11 is 0. The molecule has 7 heteroatoms. The molecule has 0 saturated carbocycles. The maximum atomic E-state index is 12.5. The van der Waals surface area contributed by atoms with Gasteiger partial charge in [0, 0.05) is 23.5 Å². The van der Waals surface area contributed by atoms with Gasteiger partial charge in [-0.05, 0) is 42.8 Å². The molecule has 1 heterocycles. The quantitative estimate of drug-likeness (QED) is 0.590. The van der Waals surface area contributed by atoms with Gasteiger partial charge in [0.1, 0.15) is 0 Å². The first kappa shape index (κ1) is 18.9. The minimum atomic E-state index is -1.14. The molecule has 0 radical (unpaired) electrons. The van der Waals surface area contributed by atoms with Gasteiger partial charge in [-0.15, -0.1) is 0 Å². The van der Waals surface area contributed by atoms with Crippen molar-refractivity contribution in [3.8, 4) is 0 Å². The number of pyridine rings is 1. The number of carbonyl (C=O) groups excluding carboxylic acids is 2. The number of rotatable bonds is 5. The van der Waals surface area contributed by atoms with Gasteiger partial charge in [-0.1, -0.05) is 30.3 Å². The molecular formula is C21H20N4O3. The van der Waals surface area contributed by atoms with E-state index < -0.39 is 11.7 Å². The fourth-order valence-electron chi connectivity index (χ4n) is 2.88. The van der Waals surface area contributed by atoms with E-state index in [1.165, 1.54) is 0 Å². The molecule has 2 aromatic carbocycles. The number of hydrogen-bond acceptors (Lipinski definition) is 5. The van der Waals surface area contributed by atoms with Gasteiger partial charge < -0.3 is 21.5 Å². The van der Waals surface area contributed by atoms with Crippen molar-refractivity contribution in [2.24, 2.45) is 5.73 Å². The van der Waals surface area contributed by atoms with E-state index >= 15 is 0 Å². The highest BCUT2D eigenvalue weighted by molar-refractivity contribution is 6.05. The molecule has 7 nitrogen and oxygen atoms in total. The molecule has 0 aliphatic rings. The van der Waals surface area contributed by atoms with E-state index in [4.69, 9.17) is 16.2 Å². The van der Waals surface area contributed by atoms with Crippen LogP contribution >= 0.6 is 0 Å². The molecule has 142 valence electrons. The number of nitrogen functional groups attached to an aromatic ring is 1. The molecule has 0 fully saturated rings. The molecule has 0 aliphatic carbocycles. The molecule has 0 bridgehead atoms. The second-order valence-electron chi connectivity index (χ2n) is 6.31. The third kappa shape index (κ3) is 3.93. The first-order valence-corrected chi connectivity index (χ1v) is 8.55. The molecule has 0 saturated heterocycles. The lowest BCUT2D eigenvalue weighted by Crippen LogP contribution is -2.33. The highest BCUT2D eigenvalue weighted by atomic mass is 16.6. The van der Waals surface area contributed by atoms with Crippen LogP contribution in [0.2, 0.25) is 0 Å². The minimum absolute atomic E-state index is 0.302. The van der Waals surface area contributed by atoms with Crippen LogP contribution in [0, 0.1) is 0 Å². The number of aromatic nitrogens is 1. The lowest BCUT2D eigenvalue weighted by Gasteiger charge is -2.29. The van der Waals surface area contributed by atoms with Gasteiger partial charge >= 0.3 is 6.09 Å². The molecule has 2 amide bonds. The van der Waals surface area contributed by atoms with E-state index in [0.717, 1.165) is 0 Å². The zero-order chi connectivity index (χ0) is 20.1. The van der Waals surface area contributed by atoms with Gasteiger partial charge in [0.05, 0.1) is 11.4 Å². The average Bonchev–Trinajstić information content (AvgIpc) is 2.70. The Balaban J connectivity index is 1.88. The summed E-state index contributed by atoms with van der Waals surface area (Å²) in [5.41, 5.74) is 12.7. The van der Waals surface area contributed by atoms with Crippen LogP contribution in [0.25, 0.3) is 0 Å². The third-order valence-corrected chi connectivity index (χ3v) is 4.42. The monoisotopic (exact) mass is 376 g/mol. The van der Waals surface area contributed by atoms with E-state index in [-0.39, 0.29) is 5.91 Å². The Morgan fingerprint density at radius 2 is 1.71 bits per heavy atom. The van der Waals surface area contributed by atoms with E-state index in [9.17, 15) is 9.59 Å². The molecule has 5 N–H and O–H groups in total. The standard InChI is InChI=1S/C21H20N4O3/c1-21(28-20(23)27,16-5-4-12-24-13-16)15-10-8-14(9-11-15)19(26)25-18-7-3-2-6-17(18)22/h2-13H,22H2,1H3,(H2,23,27)(H,25,26). The molecule has 28 heavy (non-hydrogen) atoms. The zero-order valence-corrected chi connectivity index (χ0v) is 15.3. The van der Waals surface area contributed by atoms with Gasteiger partial charge in [0.2, 0.25) is 0 Å². The van der Waals surface area contributed by atoms with Crippen molar-refractivity contribution >= 4 is 23.4 Å². The Kier molecular flexibility index (Phi) is 5.26. The Labute approximate surface area is 162 Å². The number of ether oxygens (including phenoxy) is 1. The first-order valence-electron chi connectivity index (χ1n) is 8.55. The number of nitrogens with zero attached hydrogens (tertiary/aromatic N) is 1. The largest absolute Gasteiger partial charge is 0.433 e. The second-order valence-corrected chi connectivity index (χ2v) is 6.31. The number of primary amides is 1. The maximum Gasteiger partial charge on any atom is 0.405 e. The summed E-state index contributed by atoms with van der Waals surface area (Å²) in [4.78, 5) is 28.0. The summed E-state index contributed by atoms with van der Waals surface area (Å²) in [5.74, 6) is -0.302. The number of amides is 2. The van der Waals surface area contributed by atoms with Crippen LogP contribution in [0.15, 0.2) is 73.1 Å². The van der Waals surface area contributed by atoms with Crippen molar-refractivity contribution in [2.45, 2.75) is 12.5 Å². The summed E-state index contributed by atoms with van der Waals surface area (Å²) in [5, 5.41) is 2.77. The number of carbonyl (C=O) groups is 2. The van der Waals surface area contributed by atoms with Crippen molar-refractivity contribution < 1.29 is 14.3 Å². The Morgan fingerprint density at radius 1 is 1.00 bits per heavy atom. The van der Waals surface area contributed by atoms with Crippen molar-refractivity contribution in [1.82, 2.24) is 4.98 Å². The van der Waals surface area contributed by atoms with E-state index in [0.29, 0.717) is 28.1 Å². The van der Waals surface area contributed by atoms with Crippen LogP contribution in [0.3, 0.4) is 0 Å². The molecule has 1 atom stereocenters. The molecule has 1 aromatic heterocycles. The molecule has 3 rings (SSSR count). The lowest BCUT2D eigenvalue weighted by atomic mass is 9.88. The first-order chi connectivity index (χ1) is 13.4. The van der Waals surface area contributed by atoms with Crippen molar-refractivity contribution in [3.05, 3.63) is 89.7 Å². The van der Waals surface area contributed by atoms with Crippen LogP contribution in [0.4, 0.5) is 16.2 Å². The van der Waals surface area contributed by atoms with Crippen LogP contribution in [0.5, 0.6) is 0 Å². The SMILES string of the molecule is CC(OC(N)=O)(c1ccc(C(=O)Nc2ccccc2N)cc1)c1cccnc1. The van der Waals surface area contributed by atoms with Crippen molar-refractivity contribution in [2.75, 3.05) is 11.1 Å². The average molecular weight is 376 g/mol. The van der Waals surface area contributed by atoms with Gasteiger partial charge in [0.15, 0.2) is 5.60 Å². The second kappa shape index (κ2) is 7.79. The van der Waals surface area contributed by atoms with Crippen LogP contribution in [-0.2, 0) is 10.3 Å². The van der Waals surface area contributed by atoms with Crippen LogP contribution in [-0.4, -0.2) is 17.0 Å². The summed E-state index contributed by atoms with van der Waals surface area (Å²) in [7, 11) is 0. The van der Waals surface area contributed by atoms with Crippen LogP contribution < -0.4 is 16.8 Å². The van der Waals surface area contributed by atoms with E-state index in [1.807, 2.05) is 0 Å². The summed E-state index contributed by atoms with van der Waals surface area (Å²) < 4.78 is 5.40. The highest BCUT2D eigenvalue weighted by Crippen LogP contribution is 2.33. The highest BCUT2D eigenvalue weighted by Gasteiger charge is 2.33. The van der Waals surface area contributed by atoms with Crippen molar-refractivity contribution in [3.63, 3.8) is 0 Å². The van der Waals surface area contributed by atoms with E-state index in [1.54, 1.807) is 80.0 Å². The predicted molar refractivity (Wildman–Crippen MR) is 107 cm³/mol. The summed E-state index contributed by atoms with van der Waals surface area (Å²) in [6, 6.07) is 17.2. The summed E-state index contributed by atoms with van der Waals surface area (Å²) in [6.45, 7) is 1.72. The number of nitrogens with one attached hydrogen (secondary N) is 1. The third-order valence-electron chi connectivity index (χ3n) is 4.42. The maximum absolute atomic E-state index is 12.5. The number of nitrogens with two attached hydrogens (primary N) is 2.